The molecule has 0 unspecified atom stereocenters. The fourth-order valence-electron chi connectivity index (χ4n) is 1.29. The molecule has 0 radical (unpaired) electrons. The Morgan fingerprint density at radius 1 is 0.895 bits per heavy atom. The number of rotatable bonds is 13. The van der Waals surface area contributed by atoms with Crippen LogP contribution in [-0.4, -0.2) is 50.1 Å². The zero-order valence-electron chi connectivity index (χ0n) is 11.6. The molecule has 6 nitrogen and oxygen atoms in total. The van der Waals surface area contributed by atoms with E-state index in [0.29, 0.717) is 26.2 Å². The van der Waals surface area contributed by atoms with Gasteiger partial charge in [-0.3, -0.25) is 9.59 Å². The molecule has 0 saturated carbocycles. The van der Waals surface area contributed by atoms with Gasteiger partial charge < -0.3 is 19.3 Å². The molecule has 0 bridgehead atoms. The predicted octanol–water partition coefficient (Wildman–Crippen LogP) is 1.62. The first-order valence-corrected chi connectivity index (χ1v) is 6.69. The third-order valence-corrected chi connectivity index (χ3v) is 2.31. The first-order valence-electron chi connectivity index (χ1n) is 6.69. The average molecular weight is 276 g/mol. The van der Waals surface area contributed by atoms with Crippen LogP contribution in [0.4, 0.5) is 0 Å². The Bertz CT molecular complexity index is 241. The van der Waals surface area contributed by atoms with E-state index in [4.69, 9.17) is 19.3 Å². The van der Waals surface area contributed by atoms with E-state index in [9.17, 15) is 9.59 Å². The van der Waals surface area contributed by atoms with E-state index in [0.717, 1.165) is 19.3 Å². The highest BCUT2D eigenvalue weighted by atomic mass is 16.6. The number of carbonyl (C=O) groups excluding carboxylic acids is 1. The highest BCUT2D eigenvalue weighted by Crippen LogP contribution is 2.00. The van der Waals surface area contributed by atoms with Gasteiger partial charge in [-0.15, -0.1) is 0 Å². The summed E-state index contributed by atoms with van der Waals surface area (Å²) in [6.45, 7) is 3.56. The van der Waals surface area contributed by atoms with Crippen LogP contribution >= 0.6 is 0 Å². The van der Waals surface area contributed by atoms with E-state index >= 15 is 0 Å². The molecular weight excluding hydrogens is 252 g/mol. The zero-order chi connectivity index (χ0) is 14.3. The van der Waals surface area contributed by atoms with Gasteiger partial charge in [0.15, 0.2) is 0 Å². The van der Waals surface area contributed by atoms with Crippen molar-refractivity contribution in [1.29, 1.82) is 0 Å². The van der Waals surface area contributed by atoms with Gasteiger partial charge in [0.25, 0.3) is 0 Å². The molecule has 0 aromatic carbocycles. The Morgan fingerprint density at radius 3 is 2.16 bits per heavy atom. The summed E-state index contributed by atoms with van der Waals surface area (Å²) >= 11 is 0. The zero-order valence-corrected chi connectivity index (χ0v) is 11.6. The van der Waals surface area contributed by atoms with Gasteiger partial charge in [-0.2, -0.15) is 0 Å². The van der Waals surface area contributed by atoms with Crippen LogP contribution < -0.4 is 0 Å². The smallest absolute Gasteiger partial charge is 0.305 e. The van der Waals surface area contributed by atoms with Gasteiger partial charge in [0.05, 0.1) is 32.8 Å². The Labute approximate surface area is 114 Å². The molecule has 6 heteroatoms. The van der Waals surface area contributed by atoms with E-state index < -0.39 is 5.97 Å². The van der Waals surface area contributed by atoms with Crippen molar-refractivity contribution in [3.05, 3.63) is 0 Å². The lowest BCUT2D eigenvalue weighted by molar-refractivity contribution is -0.145. The Kier molecular flexibility index (Phi) is 12.5. The summed E-state index contributed by atoms with van der Waals surface area (Å²) in [5.41, 5.74) is 0. The number of aliphatic carboxylic acids is 1. The summed E-state index contributed by atoms with van der Waals surface area (Å²) in [6, 6.07) is 0. The predicted molar refractivity (Wildman–Crippen MR) is 69.0 cm³/mol. The normalized spacial score (nSPS) is 10.4. The van der Waals surface area contributed by atoms with Crippen molar-refractivity contribution < 1.29 is 28.9 Å². The lowest BCUT2D eigenvalue weighted by Crippen LogP contribution is -2.13. The molecule has 19 heavy (non-hydrogen) atoms. The van der Waals surface area contributed by atoms with Gasteiger partial charge in [0, 0.05) is 6.42 Å². The van der Waals surface area contributed by atoms with Gasteiger partial charge in [0.1, 0.15) is 6.61 Å². The number of hydrogen-bond donors (Lipinski definition) is 1. The van der Waals surface area contributed by atoms with E-state index in [2.05, 4.69) is 6.92 Å². The van der Waals surface area contributed by atoms with Gasteiger partial charge in [-0.25, -0.2) is 0 Å². The molecule has 0 aromatic heterocycles. The van der Waals surface area contributed by atoms with Crippen molar-refractivity contribution in [2.24, 2.45) is 0 Å². The number of ether oxygens (including phenoxy) is 3. The fraction of sp³-hybridized carbons (Fsp3) is 0.846. The summed E-state index contributed by atoms with van der Waals surface area (Å²) in [5.74, 6) is -1.06. The van der Waals surface area contributed by atoms with Crippen LogP contribution in [-0.2, 0) is 23.8 Å². The molecule has 0 aliphatic heterocycles. The maximum atomic E-state index is 11.2. The van der Waals surface area contributed by atoms with Crippen LogP contribution in [0.2, 0.25) is 0 Å². The molecule has 0 spiro atoms. The van der Waals surface area contributed by atoms with Gasteiger partial charge in [0.2, 0.25) is 0 Å². The Balaban J connectivity index is 3.13. The summed E-state index contributed by atoms with van der Waals surface area (Å²) < 4.78 is 15.2. The second-order valence-electron chi connectivity index (χ2n) is 4.05. The second kappa shape index (κ2) is 13.3. The number of carboxylic acid groups (broad SMARTS) is 1. The van der Waals surface area contributed by atoms with Crippen LogP contribution in [0.25, 0.3) is 0 Å². The van der Waals surface area contributed by atoms with Crippen LogP contribution in [0.1, 0.15) is 39.0 Å². The molecule has 0 heterocycles. The number of carboxylic acids is 1. The lowest BCUT2D eigenvalue weighted by atomic mass is 10.2. The monoisotopic (exact) mass is 276 g/mol. The van der Waals surface area contributed by atoms with E-state index in [-0.39, 0.29) is 25.6 Å². The minimum absolute atomic E-state index is 0.00459. The van der Waals surface area contributed by atoms with Crippen LogP contribution in [0, 0.1) is 0 Å². The molecule has 0 saturated heterocycles. The molecule has 0 aliphatic rings. The molecule has 0 aliphatic carbocycles. The molecule has 0 rings (SSSR count). The summed E-state index contributed by atoms with van der Waals surface area (Å²) in [5, 5.41) is 8.36. The molecule has 0 amide bonds. The van der Waals surface area contributed by atoms with E-state index in [1.807, 2.05) is 0 Å². The van der Waals surface area contributed by atoms with Crippen molar-refractivity contribution in [3.8, 4) is 0 Å². The molecule has 1 N–H and O–H groups in total. The van der Waals surface area contributed by atoms with Gasteiger partial charge in [-0.05, 0) is 6.42 Å². The first kappa shape index (κ1) is 17.9. The Morgan fingerprint density at radius 2 is 1.53 bits per heavy atom. The third-order valence-electron chi connectivity index (χ3n) is 2.31. The Hall–Kier alpha value is -1.14. The number of carbonyl (C=O) groups is 2. The highest BCUT2D eigenvalue weighted by molar-refractivity contribution is 5.69. The van der Waals surface area contributed by atoms with Gasteiger partial charge in [-0.1, -0.05) is 19.8 Å². The summed E-state index contributed by atoms with van der Waals surface area (Å²) in [6.07, 6.45) is 3.45. The van der Waals surface area contributed by atoms with Crippen molar-refractivity contribution in [2.75, 3.05) is 33.0 Å². The quantitative estimate of drug-likeness (QED) is 0.406. The standard InChI is InChI=1S/C13H24O6/c1-2-3-4-5-13(16)19-11-10-18-9-8-17-7-6-12(14)15/h2-11H2,1H3,(H,14,15). The molecule has 0 atom stereocenters. The van der Waals surface area contributed by atoms with Crippen molar-refractivity contribution in [3.63, 3.8) is 0 Å². The van der Waals surface area contributed by atoms with Crippen LogP contribution in [0.3, 0.4) is 0 Å². The molecular formula is C13H24O6. The number of esters is 1. The van der Waals surface area contributed by atoms with Gasteiger partial charge >= 0.3 is 11.9 Å². The highest BCUT2D eigenvalue weighted by Gasteiger charge is 2.01. The summed E-state index contributed by atoms with van der Waals surface area (Å²) in [4.78, 5) is 21.4. The molecule has 0 aromatic rings. The van der Waals surface area contributed by atoms with Crippen LogP contribution in [0.15, 0.2) is 0 Å². The van der Waals surface area contributed by atoms with E-state index in [1.54, 1.807) is 0 Å². The maximum Gasteiger partial charge on any atom is 0.305 e. The van der Waals surface area contributed by atoms with E-state index in [1.165, 1.54) is 0 Å². The minimum Gasteiger partial charge on any atom is -0.481 e. The average Bonchev–Trinajstić information content (AvgIpc) is 2.36. The minimum atomic E-state index is -0.879. The fourth-order valence-corrected chi connectivity index (χ4v) is 1.29. The van der Waals surface area contributed by atoms with Crippen molar-refractivity contribution in [2.45, 2.75) is 39.0 Å². The summed E-state index contributed by atoms with van der Waals surface area (Å²) in [7, 11) is 0. The van der Waals surface area contributed by atoms with Crippen molar-refractivity contribution >= 4 is 11.9 Å². The molecule has 112 valence electrons. The number of unbranched alkanes of at least 4 members (excludes halogenated alkanes) is 2. The largest absolute Gasteiger partial charge is 0.481 e. The number of hydrogen-bond acceptors (Lipinski definition) is 5. The SMILES string of the molecule is CCCCCC(=O)OCCOCCOCCC(=O)O. The maximum absolute atomic E-state index is 11.2. The van der Waals surface area contributed by atoms with Crippen molar-refractivity contribution in [1.82, 2.24) is 0 Å². The topological polar surface area (TPSA) is 82.1 Å². The lowest BCUT2D eigenvalue weighted by Gasteiger charge is -2.06. The third kappa shape index (κ3) is 14.8. The first-order chi connectivity index (χ1) is 9.16. The molecule has 0 fully saturated rings. The van der Waals surface area contributed by atoms with Crippen LogP contribution in [0.5, 0.6) is 0 Å². The second-order valence-corrected chi connectivity index (χ2v) is 4.05.